The van der Waals surface area contributed by atoms with E-state index in [4.69, 9.17) is 0 Å². The lowest BCUT2D eigenvalue weighted by Gasteiger charge is -2.13. The third kappa shape index (κ3) is 2.53. The van der Waals surface area contributed by atoms with Crippen LogP contribution in [0, 0.1) is 0 Å². The molecule has 0 amide bonds. The molecule has 1 unspecified atom stereocenters. The van der Waals surface area contributed by atoms with Crippen LogP contribution in [0.1, 0.15) is 15.8 Å². The van der Waals surface area contributed by atoms with E-state index in [1.54, 1.807) is 22.7 Å². The minimum absolute atomic E-state index is 0.288. The molecule has 0 aliphatic heterocycles. The molecule has 2 aromatic heterocycles. The summed E-state index contributed by atoms with van der Waals surface area (Å²) in [5.41, 5.74) is 0. The Kier molecular flexibility index (Phi) is 4.01. The first kappa shape index (κ1) is 11.8. The molecule has 0 aromatic carbocycles. The van der Waals surface area contributed by atoms with E-state index in [9.17, 15) is 0 Å². The Hall–Kier alpha value is 0.320. The lowest BCUT2D eigenvalue weighted by atomic mass is 10.2. The third-order valence-corrected chi connectivity index (χ3v) is 5.70. The second kappa shape index (κ2) is 5.10. The summed E-state index contributed by atoms with van der Waals surface area (Å²) in [6.07, 6.45) is 0. The Balaban J connectivity index is 2.36. The number of thiophene rings is 2. The largest absolute Gasteiger partial charge is 0.308 e. The van der Waals surface area contributed by atoms with E-state index in [0.717, 1.165) is 0 Å². The minimum atomic E-state index is 0.288. The normalized spacial score (nSPS) is 13.0. The fraction of sp³-hybridized carbons (Fsp3) is 0.200. The van der Waals surface area contributed by atoms with Crippen molar-refractivity contribution in [3.63, 3.8) is 0 Å². The second-order valence-corrected chi connectivity index (χ2v) is 7.29. The molecule has 0 saturated heterocycles. The van der Waals surface area contributed by atoms with E-state index in [1.165, 1.54) is 18.0 Å². The number of rotatable bonds is 3. The fourth-order valence-electron chi connectivity index (χ4n) is 1.40. The molecule has 15 heavy (non-hydrogen) atoms. The summed E-state index contributed by atoms with van der Waals surface area (Å²) in [6.45, 7) is 0. The van der Waals surface area contributed by atoms with Gasteiger partial charge in [-0.15, -0.1) is 22.7 Å². The van der Waals surface area contributed by atoms with Gasteiger partial charge in [-0.05, 0) is 62.5 Å². The molecule has 2 rings (SSSR count). The summed E-state index contributed by atoms with van der Waals surface area (Å²) in [7, 11) is 1.99. The predicted molar refractivity (Wildman–Crippen MR) is 74.9 cm³/mol. The highest BCUT2D eigenvalue weighted by molar-refractivity contribution is 9.11. The summed E-state index contributed by atoms with van der Waals surface area (Å²) >= 11 is 10.6. The Labute approximate surface area is 114 Å². The Morgan fingerprint density at radius 3 is 2.53 bits per heavy atom. The smallest absolute Gasteiger partial charge is 0.0774 e. The Bertz CT molecular complexity index is 450. The van der Waals surface area contributed by atoms with Gasteiger partial charge in [-0.25, -0.2) is 0 Å². The standard InChI is InChI=1S/C10H9Br2NS2/c1-13-9(7-2-3-8(12)15-7)10-6(11)4-5-14-10/h2-5,9,13H,1H3. The van der Waals surface area contributed by atoms with E-state index in [-0.39, 0.29) is 6.04 Å². The maximum Gasteiger partial charge on any atom is 0.0774 e. The summed E-state index contributed by atoms with van der Waals surface area (Å²) in [6, 6.07) is 6.62. The van der Waals surface area contributed by atoms with Crippen LogP contribution in [0.5, 0.6) is 0 Å². The fourth-order valence-corrected chi connectivity index (χ4v) is 4.74. The zero-order chi connectivity index (χ0) is 10.8. The number of nitrogens with one attached hydrogen (secondary N) is 1. The summed E-state index contributed by atoms with van der Waals surface area (Å²) in [5.74, 6) is 0. The molecule has 0 bridgehead atoms. The van der Waals surface area contributed by atoms with Crippen molar-refractivity contribution in [3.8, 4) is 0 Å². The lowest BCUT2D eigenvalue weighted by Crippen LogP contribution is -2.15. The van der Waals surface area contributed by atoms with Crippen LogP contribution in [0.3, 0.4) is 0 Å². The van der Waals surface area contributed by atoms with Crippen molar-refractivity contribution < 1.29 is 0 Å². The van der Waals surface area contributed by atoms with E-state index < -0.39 is 0 Å². The summed E-state index contributed by atoms with van der Waals surface area (Å²) in [4.78, 5) is 2.65. The van der Waals surface area contributed by atoms with Gasteiger partial charge in [-0.2, -0.15) is 0 Å². The van der Waals surface area contributed by atoms with Gasteiger partial charge in [-0.1, -0.05) is 0 Å². The van der Waals surface area contributed by atoms with Crippen LogP contribution in [0.2, 0.25) is 0 Å². The molecule has 1 N–H and O–H groups in total. The van der Waals surface area contributed by atoms with Crippen molar-refractivity contribution in [3.05, 3.63) is 41.6 Å². The van der Waals surface area contributed by atoms with Crippen LogP contribution in [0.25, 0.3) is 0 Å². The number of hydrogen-bond donors (Lipinski definition) is 1. The van der Waals surface area contributed by atoms with Crippen molar-refractivity contribution in [1.29, 1.82) is 0 Å². The molecule has 2 aromatic rings. The molecule has 0 radical (unpaired) electrons. The van der Waals surface area contributed by atoms with Gasteiger partial charge in [0.1, 0.15) is 0 Å². The zero-order valence-electron chi connectivity index (χ0n) is 7.96. The van der Waals surface area contributed by atoms with Crippen LogP contribution in [-0.2, 0) is 0 Å². The van der Waals surface area contributed by atoms with Crippen LogP contribution in [0.4, 0.5) is 0 Å². The van der Waals surface area contributed by atoms with Crippen LogP contribution >= 0.6 is 54.5 Å². The Morgan fingerprint density at radius 2 is 2.07 bits per heavy atom. The highest BCUT2D eigenvalue weighted by Gasteiger charge is 2.17. The molecular formula is C10H9Br2NS2. The van der Waals surface area contributed by atoms with E-state index in [2.05, 4.69) is 60.8 Å². The highest BCUT2D eigenvalue weighted by atomic mass is 79.9. The van der Waals surface area contributed by atoms with Crippen molar-refractivity contribution in [2.45, 2.75) is 6.04 Å². The van der Waals surface area contributed by atoms with Crippen LogP contribution in [0.15, 0.2) is 31.8 Å². The number of halogens is 2. The predicted octanol–water partition coefficient (Wildman–Crippen LogP) is 4.64. The Morgan fingerprint density at radius 1 is 1.27 bits per heavy atom. The molecule has 0 aliphatic rings. The average Bonchev–Trinajstić information content (AvgIpc) is 2.79. The molecule has 0 saturated carbocycles. The molecule has 1 nitrogen and oxygen atoms in total. The van der Waals surface area contributed by atoms with Gasteiger partial charge in [0.05, 0.1) is 9.83 Å². The van der Waals surface area contributed by atoms with Gasteiger partial charge in [0.15, 0.2) is 0 Å². The van der Waals surface area contributed by atoms with Gasteiger partial charge >= 0.3 is 0 Å². The summed E-state index contributed by atoms with van der Waals surface area (Å²) in [5, 5.41) is 5.45. The number of hydrogen-bond acceptors (Lipinski definition) is 3. The van der Waals surface area contributed by atoms with Crippen LogP contribution < -0.4 is 5.32 Å². The molecule has 5 heteroatoms. The van der Waals surface area contributed by atoms with Crippen molar-refractivity contribution in [1.82, 2.24) is 5.32 Å². The topological polar surface area (TPSA) is 12.0 Å². The average molecular weight is 367 g/mol. The maximum absolute atomic E-state index is 3.58. The molecule has 0 spiro atoms. The zero-order valence-corrected chi connectivity index (χ0v) is 12.8. The third-order valence-electron chi connectivity index (χ3n) is 2.07. The van der Waals surface area contributed by atoms with Crippen molar-refractivity contribution in [2.24, 2.45) is 0 Å². The highest BCUT2D eigenvalue weighted by Crippen LogP contribution is 2.36. The molecular weight excluding hydrogens is 358 g/mol. The summed E-state index contributed by atoms with van der Waals surface area (Å²) < 4.78 is 2.35. The molecule has 1 atom stereocenters. The van der Waals surface area contributed by atoms with Crippen molar-refractivity contribution >= 4 is 54.5 Å². The molecule has 2 heterocycles. The van der Waals surface area contributed by atoms with Gasteiger partial charge in [0, 0.05) is 14.2 Å². The second-order valence-electron chi connectivity index (χ2n) is 3.00. The van der Waals surface area contributed by atoms with E-state index >= 15 is 0 Å². The first-order valence-electron chi connectivity index (χ1n) is 4.37. The molecule has 80 valence electrons. The van der Waals surface area contributed by atoms with Crippen LogP contribution in [-0.4, -0.2) is 7.05 Å². The van der Waals surface area contributed by atoms with Gasteiger partial charge in [-0.3, -0.25) is 0 Å². The maximum atomic E-state index is 3.58. The quantitative estimate of drug-likeness (QED) is 0.833. The first-order chi connectivity index (χ1) is 7.22. The van der Waals surface area contributed by atoms with E-state index in [1.807, 2.05) is 7.05 Å². The van der Waals surface area contributed by atoms with Gasteiger partial charge in [0.25, 0.3) is 0 Å². The first-order valence-corrected chi connectivity index (χ1v) is 7.66. The van der Waals surface area contributed by atoms with Crippen molar-refractivity contribution in [2.75, 3.05) is 7.05 Å². The minimum Gasteiger partial charge on any atom is -0.308 e. The van der Waals surface area contributed by atoms with E-state index in [0.29, 0.717) is 0 Å². The van der Waals surface area contributed by atoms with Gasteiger partial charge in [0.2, 0.25) is 0 Å². The SMILES string of the molecule is CNC(c1ccc(Br)s1)c1sccc1Br. The monoisotopic (exact) mass is 365 g/mol. The molecule has 0 fully saturated rings. The molecule has 0 aliphatic carbocycles. The van der Waals surface area contributed by atoms with Gasteiger partial charge < -0.3 is 5.32 Å². The lowest BCUT2D eigenvalue weighted by molar-refractivity contribution is 0.714.